The number of anilines is 1. The molecule has 0 aliphatic carbocycles. The van der Waals surface area contributed by atoms with E-state index in [9.17, 15) is 0 Å². The molecule has 0 unspecified atom stereocenters. The number of nitrogens with one attached hydrogen (secondary N) is 1. The van der Waals surface area contributed by atoms with E-state index in [2.05, 4.69) is 5.32 Å². The van der Waals surface area contributed by atoms with Gasteiger partial charge in [0.15, 0.2) is 0 Å². The Hall–Kier alpha value is -3.15. The average molecular weight is 326 g/mol. The van der Waals surface area contributed by atoms with Crippen molar-refractivity contribution in [1.29, 1.82) is 10.5 Å². The predicted octanol–water partition coefficient (Wildman–Crippen LogP) is 4.48. The van der Waals surface area contributed by atoms with Crippen LogP contribution in [0, 0.1) is 22.7 Å². The van der Waals surface area contributed by atoms with Crippen LogP contribution in [0.25, 0.3) is 0 Å². The fourth-order valence-electron chi connectivity index (χ4n) is 1.69. The van der Waals surface area contributed by atoms with Gasteiger partial charge in [-0.3, -0.25) is 0 Å². The molecular formula is C17H12ClN3O2. The summed E-state index contributed by atoms with van der Waals surface area (Å²) < 4.78 is 10.8. The molecule has 0 aliphatic rings. The Morgan fingerprint density at radius 2 is 1.74 bits per heavy atom. The first-order valence-corrected chi connectivity index (χ1v) is 6.92. The van der Waals surface area contributed by atoms with Gasteiger partial charge in [-0.2, -0.15) is 10.5 Å². The van der Waals surface area contributed by atoms with Crippen LogP contribution in [0.2, 0.25) is 5.02 Å². The third-order valence-electron chi connectivity index (χ3n) is 2.84. The van der Waals surface area contributed by atoms with Crippen LogP contribution in [-0.4, -0.2) is 7.11 Å². The second-order valence-electron chi connectivity index (χ2n) is 4.35. The van der Waals surface area contributed by atoms with Gasteiger partial charge < -0.3 is 14.8 Å². The summed E-state index contributed by atoms with van der Waals surface area (Å²) in [6.07, 6.45) is 1.32. The van der Waals surface area contributed by atoms with E-state index in [0.29, 0.717) is 22.2 Å². The number of allylic oxidation sites excluding steroid dienone is 1. The molecule has 23 heavy (non-hydrogen) atoms. The molecule has 0 atom stereocenters. The minimum Gasteiger partial charge on any atom is -0.497 e. The Morgan fingerprint density at radius 1 is 1.09 bits per heavy atom. The van der Waals surface area contributed by atoms with Gasteiger partial charge in [-0.05, 0) is 42.5 Å². The van der Waals surface area contributed by atoms with Gasteiger partial charge in [-0.25, -0.2) is 0 Å². The summed E-state index contributed by atoms with van der Waals surface area (Å²) in [6.45, 7) is 0. The summed E-state index contributed by atoms with van der Waals surface area (Å²) in [5, 5.41) is 20.6. The second kappa shape index (κ2) is 7.74. The van der Waals surface area contributed by atoms with Gasteiger partial charge in [-0.1, -0.05) is 11.6 Å². The van der Waals surface area contributed by atoms with Crippen molar-refractivity contribution in [3.8, 4) is 29.4 Å². The number of nitriles is 2. The van der Waals surface area contributed by atoms with Crippen LogP contribution in [0.15, 0.2) is 54.2 Å². The zero-order valence-corrected chi connectivity index (χ0v) is 13.0. The summed E-state index contributed by atoms with van der Waals surface area (Å²) in [5.74, 6) is 1.86. The van der Waals surface area contributed by atoms with Gasteiger partial charge in [0.25, 0.3) is 0 Å². The Kier molecular flexibility index (Phi) is 5.46. The first-order chi connectivity index (χ1) is 11.2. The van der Waals surface area contributed by atoms with E-state index < -0.39 is 0 Å². The Balaban J connectivity index is 2.11. The first kappa shape index (κ1) is 16.2. The monoisotopic (exact) mass is 325 g/mol. The van der Waals surface area contributed by atoms with Gasteiger partial charge in [0, 0.05) is 11.9 Å². The lowest BCUT2D eigenvalue weighted by Gasteiger charge is -2.10. The molecule has 6 heteroatoms. The molecular weight excluding hydrogens is 314 g/mol. The number of methoxy groups -OCH3 is 1. The predicted molar refractivity (Wildman–Crippen MR) is 87.5 cm³/mol. The number of hydrogen-bond donors (Lipinski definition) is 1. The Labute approximate surface area is 138 Å². The molecule has 0 saturated heterocycles. The highest BCUT2D eigenvalue weighted by atomic mass is 35.5. The second-order valence-corrected chi connectivity index (χ2v) is 4.76. The largest absolute Gasteiger partial charge is 0.497 e. The fourth-order valence-corrected chi connectivity index (χ4v) is 1.91. The molecule has 0 bridgehead atoms. The van der Waals surface area contributed by atoms with Gasteiger partial charge in [0.1, 0.15) is 35.0 Å². The topological polar surface area (TPSA) is 78.1 Å². The highest BCUT2D eigenvalue weighted by molar-refractivity contribution is 6.32. The van der Waals surface area contributed by atoms with Gasteiger partial charge >= 0.3 is 0 Å². The van der Waals surface area contributed by atoms with Crippen molar-refractivity contribution >= 4 is 17.3 Å². The smallest absolute Gasteiger partial charge is 0.146 e. The molecule has 2 rings (SSSR count). The fraction of sp³-hybridized carbons (Fsp3) is 0.0588. The molecule has 0 aromatic heterocycles. The Bertz CT molecular complexity index is 786. The third-order valence-corrected chi connectivity index (χ3v) is 3.14. The summed E-state index contributed by atoms with van der Waals surface area (Å²) in [6, 6.07) is 15.7. The lowest BCUT2D eigenvalue weighted by atomic mass is 10.3. The number of benzene rings is 2. The Morgan fingerprint density at radius 3 is 2.30 bits per heavy atom. The number of hydrogen-bond acceptors (Lipinski definition) is 5. The van der Waals surface area contributed by atoms with Crippen LogP contribution in [0.3, 0.4) is 0 Å². The van der Waals surface area contributed by atoms with Crippen molar-refractivity contribution in [2.24, 2.45) is 0 Å². The molecule has 0 heterocycles. The van der Waals surface area contributed by atoms with Gasteiger partial charge in [-0.15, -0.1) is 0 Å². The van der Waals surface area contributed by atoms with Crippen LogP contribution in [0.4, 0.5) is 5.69 Å². The van der Waals surface area contributed by atoms with Crippen LogP contribution >= 0.6 is 11.6 Å². The van der Waals surface area contributed by atoms with Crippen molar-refractivity contribution < 1.29 is 9.47 Å². The van der Waals surface area contributed by atoms with Crippen LogP contribution < -0.4 is 14.8 Å². The maximum Gasteiger partial charge on any atom is 0.146 e. The molecule has 2 aromatic carbocycles. The van der Waals surface area contributed by atoms with E-state index in [1.165, 1.54) is 6.20 Å². The average Bonchev–Trinajstić information content (AvgIpc) is 2.58. The molecule has 0 aliphatic heterocycles. The highest BCUT2D eigenvalue weighted by Gasteiger charge is 2.05. The van der Waals surface area contributed by atoms with Crippen molar-refractivity contribution in [3.63, 3.8) is 0 Å². The van der Waals surface area contributed by atoms with Crippen molar-refractivity contribution in [2.75, 3.05) is 12.4 Å². The molecule has 0 fully saturated rings. The number of rotatable bonds is 5. The van der Waals surface area contributed by atoms with Crippen LogP contribution in [-0.2, 0) is 0 Å². The van der Waals surface area contributed by atoms with Crippen molar-refractivity contribution in [1.82, 2.24) is 0 Å². The number of ether oxygens (including phenoxy) is 2. The van der Waals surface area contributed by atoms with Gasteiger partial charge in [0.05, 0.1) is 12.1 Å². The number of nitrogens with zero attached hydrogens (tertiary/aromatic N) is 2. The molecule has 2 aromatic rings. The van der Waals surface area contributed by atoms with E-state index in [1.54, 1.807) is 61.7 Å². The standard InChI is InChI=1S/C17H12ClN3O2/c1-22-14-3-5-15(6-4-14)23-17-7-2-13(8-16(17)18)21-11-12(9-19)10-20/h2-8,11,21H,1H3. The normalized spacial score (nSPS) is 9.22. The molecule has 114 valence electrons. The van der Waals surface area contributed by atoms with E-state index in [0.717, 1.165) is 5.75 Å². The van der Waals surface area contributed by atoms with Crippen LogP contribution in [0.1, 0.15) is 0 Å². The van der Waals surface area contributed by atoms with E-state index in [4.69, 9.17) is 31.6 Å². The summed E-state index contributed by atoms with van der Waals surface area (Å²) in [5.41, 5.74) is 0.611. The van der Waals surface area contributed by atoms with Crippen molar-refractivity contribution in [2.45, 2.75) is 0 Å². The molecule has 5 nitrogen and oxygen atoms in total. The quantitative estimate of drug-likeness (QED) is 0.820. The van der Waals surface area contributed by atoms with Crippen molar-refractivity contribution in [3.05, 3.63) is 59.3 Å². The lowest BCUT2D eigenvalue weighted by Crippen LogP contribution is -1.91. The first-order valence-electron chi connectivity index (χ1n) is 6.54. The third kappa shape index (κ3) is 4.41. The minimum atomic E-state index is -0.0281. The maximum absolute atomic E-state index is 8.67. The van der Waals surface area contributed by atoms with E-state index in [-0.39, 0.29) is 5.57 Å². The van der Waals surface area contributed by atoms with Gasteiger partial charge in [0.2, 0.25) is 0 Å². The summed E-state index contributed by atoms with van der Waals surface area (Å²) in [4.78, 5) is 0. The zero-order chi connectivity index (χ0) is 16.7. The summed E-state index contributed by atoms with van der Waals surface area (Å²) in [7, 11) is 1.59. The minimum absolute atomic E-state index is 0.0281. The molecule has 0 radical (unpaired) electrons. The molecule has 0 amide bonds. The maximum atomic E-state index is 8.67. The zero-order valence-electron chi connectivity index (χ0n) is 12.2. The summed E-state index contributed by atoms with van der Waals surface area (Å²) >= 11 is 6.18. The van der Waals surface area contributed by atoms with Crippen LogP contribution in [0.5, 0.6) is 17.2 Å². The highest BCUT2D eigenvalue weighted by Crippen LogP contribution is 2.32. The van der Waals surface area contributed by atoms with E-state index in [1.807, 2.05) is 0 Å². The molecule has 0 spiro atoms. The number of halogens is 1. The molecule has 1 N–H and O–H groups in total. The van der Waals surface area contributed by atoms with E-state index >= 15 is 0 Å². The lowest BCUT2D eigenvalue weighted by molar-refractivity contribution is 0.413. The molecule has 0 saturated carbocycles. The SMILES string of the molecule is COc1ccc(Oc2ccc(NC=C(C#N)C#N)cc2Cl)cc1.